The highest BCUT2D eigenvalue weighted by atomic mass is 19.4. The Bertz CT molecular complexity index is 630. The van der Waals surface area contributed by atoms with Gasteiger partial charge < -0.3 is 9.72 Å². The van der Waals surface area contributed by atoms with Crippen LogP contribution < -0.4 is 10.3 Å². The van der Waals surface area contributed by atoms with Gasteiger partial charge in [-0.1, -0.05) is 0 Å². The molecule has 6 heteroatoms. The first kappa shape index (κ1) is 13.2. The van der Waals surface area contributed by atoms with Crippen LogP contribution in [0.4, 0.5) is 13.2 Å². The molecule has 1 aromatic heterocycles. The highest BCUT2D eigenvalue weighted by Crippen LogP contribution is 2.30. The molecular weight excluding hydrogens is 259 g/mol. The third kappa shape index (κ3) is 2.96. The van der Waals surface area contributed by atoms with Crippen LogP contribution in [-0.4, -0.2) is 12.1 Å². The molecule has 2 aromatic rings. The molecule has 100 valence electrons. The fraction of sp³-hybridized carbons (Fsp3) is 0.154. The van der Waals surface area contributed by atoms with Gasteiger partial charge in [0, 0.05) is 11.8 Å². The Morgan fingerprint density at radius 3 is 2.26 bits per heavy atom. The number of rotatable bonds is 2. The minimum absolute atomic E-state index is 0.113. The average molecular weight is 269 g/mol. The maximum absolute atomic E-state index is 12.6. The number of aromatic nitrogens is 1. The fourth-order valence-electron chi connectivity index (χ4n) is 1.63. The van der Waals surface area contributed by atoms with Crippen LogP contribution in [0.1, 0.15) is 5.56 Å². The Morgan fingerprint density at radius 1 is 1.11 bits per heavy atom. The summed E-state index contributed by atoms with van der Waals surface area (Å²) < 4.78 is 42.8. The van der Waals surface area contributed by atoms with E-state index in [0.29, 0.717) is 17.4 Å². The van der Waals surface area contributed by atoms with Crippen molar-refractivity contribution in [1.29, 1.82) is 0 Å². The molecule has 0 atom stereocenters. The quantitative estimate of drug-likeness (QED) is 0.910. The van der Waals surface area contributed by atoms with Gasteiger partial charge in [0.2, 0.25) is 5.56 Å². The number of halogens is 3. The van der Waals surface area contributed by atoms with E-state index in [0.717, 1.165) is 6.07 Å². The molecule has 3 nitrogen and oxygen atoms in total. The average Bonchev–Trinajstić information content (AvgIpc) is 2.37. The summed E-state index contributed by atoms with van der Waals surface area (Å²) in [5.74, 6) is 0.582. The van der Waals surface area contributed by atoms with Gasteiger partial charge in [0.05, 0.1) is 12.7 Å². The Hall–Kier alpha value is -2.24. The number of methoxy groups -OCH3 is 1. The number of H-pyrrole nitrogens is 1. The zero-order valence-electron chi connectivity index (χ0n) is 9.91. The van der Waals surface area contributed by atoms with Gasteiger partial charge in [-0.3, -0.25) is 4.79 Å². The normalized spacial score (nSPS) is 11.4. The lowest BCUT2D eigenvalue weighted by molar-refractivity contribution is -0.137. The first-order valence-corrected chi connectivity index (χ1v) is 5.36. The molecule has 0 aliphatic heterocycles. The van der Waals surface area contributed by atoms with E-state index in [1.54, 1.807) is 24.3 Å². The van der Waals surface area contributed by atoms with Crippen LogP contribution in [0.3, 0.4) is 0 Å². The third-order valence-electron chi connectivity index (χ3n) is 2.57. The lowest BCUT2D eigenvalue weighted by Gasteiger charge is -2.09. The monoisotopic (exact) mass is 269 g/mol. The molecule has 1 heterocycles. The zero-order valence-corrected chi connectivity index (χ0v) is 9.91. The van der Waals surface area contributed by atoms with E-state index in [1.807, 2.05) is 0 Å². The first-order valence-electron chi connectivity index (χ1n) is 5.36. The van der Waals surface area contributed by atoms with Gasteiger partial charge in [0.1, 0.15) is 5.75 Å². The van der Waals surface area contributed by atoms with Crippen molar-refractivity contribution in [3.05, 3.63) is 52.3 Å². The molecule has 0 spiro atoms. The van der Waals surface area contributed by atoms with Gasteiger partial charge in [-0.05, 0) is 35.9 Å². The molecule has 1 aromatic carbocycles. The molecule has 0 radical (unpaired) electrons. The van der Waals surface area contributed by atoms with Crippen LogP contribution in [0.5, 0.6) is 5.75 Å². The van der Waals surface area contributed by atoms with Crippen molar-refractivity contribution < 1.29 is 17.9 Å². The van der Waals surface area contributed by atoms with Crippen molar-refractivity contribution >= 4 is 0 Å². The van der Waals surface area contributed by atoms with Gasteiger partial charge in [-0.25, -0.2) is 0 Å². The third-order valence-corrected chi connectivity index (χ3v) is 2.57. The van der Waals surface area contributed by atoms with Crippen molar-refractivity contribution in [1.82, 2.24) is 4.98 Å². The van der Waals surface area contributed by atoms with Crippen LogP contribution in [0.25, 0.3) is 11.3 Å². The SMILES string of the molecule is COc1ccc(-c2cc(C(F)(F)F)cc(=O)[nH]2)cc1. The number of nitrogens with one attached hydrogen (secondary N) is 1. The van der Waals surface area contributed by atoms with Crippen LogP contribution in [0.2, 0.25) is 0 Å². The second-order valence-corrected chi connectivity index (χ2v) is 3.87. The summed E-state index contributed by atoms with van der Waals surface area (Å²) in [7, 11) is 1.49. The summed E-state index contributed by atoms with van der Waals surface area (Å²) in [5.41, 5.74) is -1.17. The summed E-state index contributed by atoms with van der Waals surface area (Å²) in [4.78, 5) is 13.7. The lowest BCUT2D eigenvalue weighted by atomic mass is 10.1. The molecule has 0 amide bonds. The molecule has 0 unspecified atom stereocenters. The van der Waals surface area contributed by atoms with Crippen molar-refractivity contribution in [3.8, 4) is 17.0 Å². The van der Waals surface area contributed by atoms with Crippen LogP contribution >= 0.6 is 0 Å². The van der Waals surface area contributed by atoms with E-state index in [1.165, 1.54) is 7.11 Å². The maximum Gasteiger partial charge on any atom is 0.416 e. The van der Waals surface area contributed by atoms with E-state index < -0.39 is 17.3 Å². The summed E-state index contributed by atoms with van der Waals surface area (Å²) in [6.07, 6.45) is -4.55. The van der Waals surface area contributed by atoms with E-state index in [9.17, 15) is 18.0 Å². The summed E-state index contributed by atoms with van der Waals surface area (Å²) >= 11 is 0. The first-order chi connectivity index (χ1) is 8.90. The highest BCUT2D eigenvalue weighted by Gasteiger charge is 2.31. The molecule has 0 saturated heterocycles. The van der Waals surface area contributed by atoms with Gasteiger partial charge in [0.15, 0.2) is 0 Å². The highest BCUT2D eigenvalue weighted by molar-refractivity contribution is 5.60. The van der Waals surface area contributed by atoms with Crippen molar-refractivity contribution in [2.75, 3.05) is 7.11 Å². The number of hydrogen-bond donors (Lipinski definition) is 1. The number of hydrogen-bond acceptors (Lipinski definition) is 2. The van der Waals surface area contributed by atoms with Crippen molar-refractivity contribution in [3.63, 3.8) is 0 Å². The molecule has 0 fully saturated rings. The van der Waals surface area contributed by atoms with E-state index in [-0.39, 0.29) is 5.69 Å². The Balaban J connectivity index is 2.49. The van der Waals surface area contributed by atoms with Crippen LogP contribution in [0, 0.1) is 0 Å². The smallest absolute Gasteiger partial charge is 0.416 e. The molecule has 0 bridgehead atoms. The summed E-state index contributed by atoms with van der Waals surface area (Å²) in [6, 6.07) is 7.80. The van der Waals surface area contributed by atoms with Crippen molar-refractivity contribution in [2.45, 2.75) is 6.18 Å². The van der Waals surface area contributed by atoms with Gasteiger partial charge in [-0.15, -0.1) is 0 Å². The molecule has 19 heavy (non-hydrogen) atoms. The van der Waals surface area contributed by atoms with E-state index >= 15 is 0 Å². The summed E-state index contributed by atoms with van der Waals surface area (Å²) in [6.45, 7) is 0. The minimum Gasteiger partial charge on any atom is -0.497 e. The van der Waals surface area contributed by atoms with Gasteiger partial charge in [-0.2, -0.15) is 13.2 Å². The summed E-state index contributed by atoms with van der Waals surface area (Å²) in [5, 5.41) is 0. The minimum atomic E-state index is -4.55. The predicted molar refractivity (Wildman–Crippen MR) is 64.1 cm³/mol. The predicted octanol–water partition coefficient (Wildman–Crippen LogP) is 3.07. The number of ether oxygens (including phenoxy) is 1. The molecule has 0 aliphatic carbocycles. The lowest BCUT2D eigenvalue weighted by Crippen LogP contribution is -2.13. The molecular formula is C13H10F3NO2. The maximum atomic E-state index is 12.6. The standard InChI is InChI=1S/C13H10F3NO2/c1-19-10-4-2-8(3-5-10)11-6-9(13(14,15)16)7-12(18)17-11/h2-7H,1H3,(H,17,18). The second-order valence-electron chi connectivity index (χ2n) is 3.87. The molecule has 2 rings (SSSR count). The van der Waals surface area contributed by atoms with Gasteiger partial charge in [0.25, 0.3) is 0 Å². The number of benzene rings is 1. The molecule has 1 N–H and O–H groups in total. The Morgan fingerprint density at radius 2 is 1.74 bits per heavy atom. The molecule has 0 aliphatic rings. The topological polar surface area (TPSA) is 42.1 Å². The number of pyridine rings is 1. The number of alkyl halides is 3. The molecule has 0 saturated carbocycles. The van der Waals surface area contributed by atoms with E-state index in [4.69, 9.17) is 4.74 Å². The largest absolute Gasteiger partial charge is 0.497 e. The van der Waals surface area contributed by atoms with Crippen LogP contribution in [0.15, 0.2) is 41.2 Å². The Labute approximate surface area is 106 Å². The number of aromatic amines is 1. The van der Waals surface area contributed by atoms with Crippen molar-refractivity contribution in [2.24, 2.45) is 0 Å². The van der Waals surface area contributed by atoms with Gasteiger partial charge >= 0.3 is 6.18 Å². The van der Waals surface area contributed by atoms with E-state index in [2.05, 4.69) is 4.98 Å². The second kappa shape index (κ2) is 4.79. The van der Waals surface area contributed by atoms with Crippen LogP contribution in [-0.2, 0) is 6.18 Å². The zero-order chi connectivity index (χ0) is 14.0. The fourth-order valence-corrected chi connectivity index (χ4v) is 1.63. The Kier molecular flexibility index (Phi) is 3.33.